The van der Waals surface area contributed by atoms with Gasteiger partial charge in [-0.25, -0.2) is 0 Å². The molecule has 2 aliphatic rings. The second-order valence-corrected chi connectivity index (χ2v) is 11.9. The monoisotopic (exact) mass is 690 g/mol. The van der Waals surface area contributed by atoms with Gasteiger partial charge in [-0.05, 0) is 75.6 Å². The van der Waals surface area contributed by atoms with Crippen molar-refractivity contribution >= 4 is 98.1 Å². The van der Waals surface area contributed by atoms with Crippen molar-refractivity contribution in [3.05, 3.63) is 40.1 Å². The van der Waals surface area contributed by atoms with E-state index in [1.807, 2.05) is 27.7 Å². The Balaban J connectivity index is 2.18. The quantitative estimate of drug-likeness (QED) is 0.348. The number of hydrogen-bond donors (Lipinski definition) is 0. The van der Waals surface area contributed by atoms with E-state index in [1.54, 1.807) is 0 Å². The lowest BCUT2D eigenvalue weighted by Crippen LogP contribution is -2.45. The van der Waals surface area contributed by atoms with Crippen LogP contribution in [-0.4, -0.2) is 46.5 Å². The van der Waals surface area contributed by atoms with Crippen LogP contribution in [0.1, 0.15) is 69.1 Å². The van der Waals surface area contributed by atoms with Crippen LogP contribution in [0.2, 0.25) is 0 Å². The lowest BCUT2D eigenvalue weighted by atomic mass is 9.85. The molecule has 0 atom stereocenters. The molecule has 0 unspecified atom stereocenters. The molecular formula is C22H18Br4N2O4. The molecule has 0 aromatic heterocycles. The first kappa shape index (κ1) is 24.0. The third-order valence-corrected chi connectivity index (χ3v) is 9.68. The van der Waals surface area contributed by atoms with E-state index in [4.69, 9.17) is 0 Å². The summed E-state index contributed by atoms with van der Waals surface area (Å²) in [6, 6.07) is 0. The van der Waals surface area contributed by atoms with E-state index in [-0.39, 0.29) is 47.2 Å². The van der Waals surface area contributed by atoms with Crippen molar-refractivity contribution in [2.75, 3.05) is 13.1 Å². The number of benzene rings is 2. The van der Waals surface area contributed by atoms with Gasteiger partial charge in [0.25, 0.3) is 23.6 Å². The molecule has 0 bridgehead atoms. The third-order valence-electron chi connectivity index (χ3n) is 5.44. The van der Waals surface area contributed by atoms with Gasteiger partial charge < -0.3 is 0 Å². The summed E-state index contributed by atoms with van der Waals surface area (Å²) < 4.78 is 1.56. The number of nitrogens with zero attached hydrogens (tertiary/aromatic N) is 2. The van der Waals surface area contributed by atoms with Crippen molar-refractivity contribution in [3.8, 4) is 0 Å². The molecule has 4 amide bonds. The van der Waals surface area contributed by atoms with E-state index in [0.29, 0.717) is 28.7 Å². The molecule has 2 aromatic rings. The Morgan fingerprint density at radius 1 is 0.531 bits per heavy atom. The van der Waals surface area contributed by atoms with Gasteiger partial charge in [-0.1, -0.05) is 27.7 Å². The Labute approximate surface area is 218 Å². The lowest BCUT2D eigenvalue weighted by molar-refractivity contribution is 0.0569. The zero-order valence-corrected chi connectivity index (χ0v) is 24.0. The molecule has 0 aliphatic carbocycles. The summed E-state index contributed by atoms with van der Waals surface area (Å²) in [6.45, 7) is 8.19. The minimum atomic E-state index is -0.458. The lowest BCUT2D eigenvalue weighted by Gasteiger charge is -2.35. The first-order valence-corrected chi connectivity index (χ1v) is 13.1. The van der Waals surface area contributed by atoms with Crippen molar-refractivity contribution < 1.29 is 19.2 Å². The molecule has 2 aliphatic heterocycles. The number of carbonyl (C=O) groups is 4. The third kappa shape index (κ3) is 3.27. The zero-order valence-electron chi connectivity index (χ0n) is 17.6. The van der Waals surface area contributed by atoms with Gasteiger partial charge in [0, 0.05) is 41.8 Å². The number of hydrogen-bond acceptors (Lipinski definition) is 4. The van der Waals surface area contributed by atoms with Gasteiger partial charge in [0.05, 0.1) is 22.3 Å². The SMILES string of the molecule is CC(C)CN1C(=O)c2c(Br)c(Br)c3c4c(c(Br)c(Br)c(c24)C1=O)C(=O)N(CC(C)C)C3=O. The summed E-state index contributed by atoms with van der Waals surface area (Å²) in [5.74, 6) is -1.70. The van der Waals surface area contributed by atoms with Gasteiger partial charge in [-0.15, -0.1) is 0 Å². The van der Waals surface area contributed by atoms with Gasteiger partial charge in [-0.2, -0.15) is 0 Å². The van der Waals surface area contributed by atoms with Crippen molar-refractivity contribution in [2.24, 2.45) is 11.8 Å². The molecule has 168 valence electrons. The smallest absolute Gasteiger partial charge is 0.262 e. The van der Waals surface area contributed by atoms with E-state index in [2.05, 4.69) is 63.7 Å². The molecule has 0 saturated heterocycles. The standard InChI is InChI=1S/C22H18Br4N2O4/c1-7(2)5-27-19(29)11-9-10-13(17(25)15(11)23)21(31)28(6-8(3)4)22(32)14(10)18(26)16(24)12(9)20(27)30/h7-8H,5-6H2,1-4H3. The van der Waals surface area contributed by atoms with E-state index >= 15 is 0 Å². The number of halogens is 4. The molecule has 10 heteroatoms. The number of carbonyl (C=O) groups excluding carboxylic acids is 4. The summed E-state index contributed by atoms with van der Waals surface area (Å²) in [5.41, 5.74) is 1.05. The summed E-state index contributed by atoms with van der Waals surface area (Å²) >= 11 is 14.0. The van der Waals surface area contributed by atoms with Crippen molar-refractivity contribution in [2.45, 2.75) is 27.7 Å². The predicted molar refractivity (Wildman–Crippen MR) is 135 cm³/mol. The van der Waals surface area contributed by atoms with Crippen molar-refractivity contribution in [3.63, 3.8) is 0 Å². The Kier molecular flexibility index (Phi) is 6.22. The Morgan fingerprint density at radius 2 is 0.750 bits per heavy atom. The van der Waals surface area contributed by atoms with Crippen LogP contribution in [0.25, 0.3) is 10.8 Å². The van der Waals surface area contributed by atoms with E-state index < -0.39 is 23.6 Å². The Morgan fingerprint density at radius 3 is 0.938 bits per heavy atom. The zero-order chi connectivity index (χ0) is 23.8. The largest absolute Gasteiger partial charge is 0.274 e. The summed E-state index contributed by atoms with van der Waals surface area (Å²) in [6.07, 6.45) is 0. The molecule has 0 fully saturated rings. The maximum atomic E-state index is 13.5. The van der Waals surface area contributed by atoms with Crippen LogP contribution < -0.4 is 0 Å². The summed E-state index contributed by atoms with van der Waals surface area (Å²) in [4.78, 5) is 56.3. The maximum absolute atomic E-state index is 13.5. The number of imide groups is 2. The minimum Gasteiger partial charge on any atom is -0.274 e. The minimum absolute atomic E-state index is 0.0644. The molecule has 32 heavy (non-hydrogen) atoms. The average Bonchev–Trinajstić information content (AvgIpc) is 2.70. The molecule has 6 nitrogen and oxygen atoms in total. The van der Waals surface area contributed by atoms with Gasteiger partial charge in [0.15, 0.2) is 0 Å². The topological polar surface area (TPSA) is 74.8 Å². The van der Waals surface area contributed by atoms with Crippen LogP contribution in [-0.2, 0) is 0 Å². The normalized spacial score (nSPS) is 15.8. The summed E-state index contributed by atoms with van der Waals surface area (Å²) in [5, 5.41) is 0.641. The van der Waals surface area contributed by atoms with E-state index in [1.165, 1.54) is 9.80 Å². The second-order valence-electron chi connectivity index (χ2n) is 8.74. The fourth-order valence-electron chi connectivity index (χ4n) is 4.22. The highest BCUT2D eigenvalue weighted by Crippen LogP contribution is 2.50. The molecule has 2 aromatic carbocycles. The van der Waals surface area contributed by atoms with Gasteiger partial charge in [0.1, 0.15) is 0 Å². The molecule has 0 N–H and O–H groups in total. The fraction of sp³-hybridized carbons (Fsp3) is 0.364. The van der Waals surface area contributed by atoms with Gasteiger partial charge in [-0.3, -0.25) is 29.0 Å². The van der Waals surface area contributed by atoms with E-state index in [0.717, 1.165) is 0 Å². The highest BCUT2D eigenvalue weighted by molar-refractivity contribution is 9.13. The average molecular weight is 694 g/mol. The molecule has 0 saturated carbocycles. The molecular weight excluding hydrogens is 676 g/mol. The number of amides is 4. The molecule has 4 rings (SSSR count). The maximum Gasteiger partial charge on any atom is 0.262 e. The van der Waals surface area contributed by atoms with Crippen LogP contribution >= 0.6 is 63.7 Å². The second kappa shape index (κ2) is 8.29. The van der Waals surface area contributed by atoms with Crippen LogP contribution in [0.15, 0.2) is 17.9 Å². The van der Waals surface area contributed by atoms with Crippen LogP contribution in [0, 0.1) is 11.8 Å². The van der Waals surface area contributed by atoms with Crippen LogP contribution in [0.4, 0.5) is 0 Å². The highest BCUT2D eigenvalue weighted by Gasteiger charge is 2.45. The van der Waals surface area contributed by atoms with Crippen molar-refractivity contribution in [1.29, 1.82) is 0 Å². The first-order valence-electron chi connectivity index (χ1n) is 9.98. The van der Waals surface area contributed by atoms with E-state index in [9.17, 15) is 19.2 Å². The fourth-order valence-corrected chi connectivity index (χ4v) is 6.48. The molecule has 2 heterocycles. The number of rotatable bonds is 4. The highest BCUT2D eigenvalue weighted by atomic mass is 79.9. The summed E-state index contributed by atoms with van der Waals surface area (Å²) in [7, 11) is 0. The predicted octanol–water partition coefficient (Wildman–Crippen LogP) is 6.39. The Hall–Kier alpha value is -1.10. The van der Waals surface area contributed by atoms with Gasteiger partial charge in [0.2, 0.25) is 0 Å². The van der Waals surface area contributed by atoms with Gasteiger partial charge >= 0.3 is 0 Å². The van der Waals surface area contributed by atoms with Crippen molar-refractivity contribution in [1.82, 2.24) is 9.80 Å². The Bertz CT molecular complexity index is 1090. The van der Waals surface area contributed by atoms with Crippen LogP contribution in [0.3, 0.4) is 0 Å². The first-order chi connectivity index (χ1) is 14.9. The molecule has 0 spiro atoms. The molecule has 0 radical (unpaired) electrons. The van der Waals surface area contributed by atoms with Crippen LogP contribution in [0.5, 0.6) is 0 Å².